The Bertz CT molecular complexity index is 933. The van der Waals surface area contributed by atoms with Crippen LogP contribution in [0.15, 0.2) is 36.6 Å². The molecule has 0 heterocycles. The summed E-state index contributed by atoms with van der Waals surface area (Å²) in [5.74, 6) is -1.08. The molecule has 0 unspecified atom stereocenters. The SMILES string of the molecule is CCCCCCCCCCCCCC/C=C/O[C@H](COC(=O)C/C=C\C[C@H]1[C@@H](/C=C/[C@H](O)CCCCC)[C@H](O)C[C@@H]1O)COP(=O)(O)O. The predicted molar refractivity (Wildman–Crippen MR) is 190 cm³/mol. The minimum Gasteiger partial charge on any atom is -0.492 e. The molecule has 0 aromatic rings. The van der Waals surface area contributed by atoms with Crippen molar-refractivity contribution in [1.82, 2.24) is 0 Å². The monoisotopic (exact) mass is 702 g/mol. The van der Waals surface area contributed by atoms with E-state index >= 15 is 0 Å². The van der Waals surface area contributed by atoms with Crippen LogP contribution in [0.5, 0.6) is 0 Å². The molecule has 0 aromatic heterocycles. The maximum absolute atomic E-state index is 12.4. The van der Waals surface area contributed by atoms with E-state index in [4.69, 9.17) is 19.3 Å². The fraction of sp³-hybridized carbons (Fsp3) is 0.811. The highest BCUT2D eigenvalue weighted by atomic mass is 31.2. The first kappa shape index (κ1) is 44.5. The number of carbonyl (C=O) groups is 1. The van der Waals surface area contributed by atoms with Gasteiger partial charge in [-0.1, -0.05) is 128 Å². The Hall–Kier alpha value is -1.52. The third-order valence-electron chi connectivity index (χ3n) is 8.88. The number of unbranched alkanes of at least 4 members (excludes halogenated alkanes) is 14. The Morgan fingerprint density at radius 3 is 2.04 bits per heavy atom. The third-order valence-corrected chi connectivity index (χ3v) is 9.37. The van der Waals surface area contributed by atoms with Crippen LogP contribution in [0.25, 0.3) is 0 Å². The van der Waals surface area contributed by atoms with Crippen LogP contribution in [0.4, 0.5) is 0 Å². The second-order valence-corrected chi connectivity index (χ2v) is 14.5. The average Bonchev–Trinajstić information content (AvgIpc) is 3.31. The summed E-state index contributed by atoms with van der Waals surface area (Å²) >= 11 is 0. The van der Waals surface area contributed by atoms with Gasteiger partial charge in [-0.25, -0.2) is 4.57 Å². The molecule has 48 heavy (non-hydrogen) atoms. The molecule has 11 heteroatoms. The van der Waals surface area contributed by atoms with Crippen molar-refractivity contribution in [2.75, 3.05) is 13.2 Å². The second kappa shape index (κ2) is 28.2. The van der Waals surface area contributed by atoms with E-state index in [1.54, 1.807) is 24.3 Å². The number of phosphoric acid groups is 1. The molecular weight excluding hydrogens is 635 g/mol. The van der Waals surface area contributed by atoms with E-state index < -0.39 is 44.8 Å². The van der Waals surface area contributed by atoms with Crippen LogP contribution in [0.1, 0.15) is 142 Å². The topological polar surface area (TPSA) is 163 Å². The summed E-state index contributed by atoms with van der Waals surface area (Å²) in [6.07, 6.45) is 27.9. The van der Waals surface area contributed by atoms with Crippen LogP contribution in [-0.4, -0.2) is 68.7 Å². The Morgan fingerprint density at radius 2 is 1.42 bits per heavy atom. The van der Waals surface area contributed by atoms with Gasteiger partial charge in [0.05, 0.1) is 37.6 Å². The summed E-state index contributed by atoms with van der Waals surface area (Å²) in [4.78, 5) is 30.5. The first-order chi connectivity index (χ1) is 23.1. The molecule has 0 amide bonds. The highest BCUT2D eigenvalue weighted by molar-refractivity contribution is 7.46. The van der Waals surface area contributed by atoms with E-state index in [9.17, 15) is 24.7 Å². The Labute approximate surface area is 290 Å². The van der Waals surface area contributed by atoms with Crippen molar-refractivity contribution in [2.45, 2.75) is 167 Å². The summed E-state index contributed by atoms with van der Waals surface area (Å²) in [5, 5.41) is 31.1. The molecule has 1 aliphatic rings. The van der Waals surface area contributed by atoms with Gasteiger partial charge in [0.1, 0.15) is 6.61 Å². The fourth-order valence-corrected chi connectivity index (χ4v) is 6.35. The smallest absolute Gasteiger partial charge is 0.469 e. The van der Waals surface area contributed by atoms with E-state index in [-0.39, 0.29) is 31.3 Å². The molecule has 5 N–H and O–H groups in total. The van der Waals surface area contributed by atoms with Crippen LogP contribution < -0.4 is 0 Å². The lowest BCUT2D eigenvalue weighted by atomic mass is 9.89. The lowest BCUT2D eigenvalue weighted by Crippen LogP contribution is -2.25. The molecule has 6 atom stereocenters. The lowest BCUT2D eigenvalue weighted by molar-refractivity contribution is -0.146. The van der Waals surface area contributed by atoms with Gasteiger partial charge in [0.15, 0.2) is 6.10 Å². The Balaban J connectivity index is 2.37. The van der Waals surface area contributed by atoms with Crippen LogP contribution in [0.2, 0.25) is 0 Å². The average molecular weight is 703 g/mol. The fourth-order valence-electron chi connectivity index (χ4n) is 5.99. The van der Waals surface area contributed by atoms with Crippen LogP contribution in [0, 0.1) is 11.8 Å². The van der Waals surface area contributed by atoms with Crippen LogP contribution in [-0.2, 0) is 23.4 Å². The van der Waals surface area contributed by atoms with Gasteiger partial charge in [-0.2, -0.15) is 0 Å². The Morgan fingerprint density at radius 1 is 0.812 bits per heavy atom. The van der Waals surface area contributed by atoms with Crippen molar-refractivity contribution in [2.24, 2.45) is 11.8 Å². The molecule has 280 valence electrons. The van der Waals surface area contributed by atoms with Crippen LogP contribution >= 0.6 is 7.82 Å². The molecule has 1 saturated carbocycles. The van der Waals surface area contributed by atoms with E-state index in [0.717, 1.165) is 38.5 Å². The molecule has 1 aliphatic carbocycles. The van der Waals surface area contributed by atoms with Gasteiger partial charge in [-0.15, -0.1) is 0 Å². The van der Waals surface area contributed by atoms with E-state index in [1.165, 1.54) is 70.5 Å². The molecular formula is C37H67O10P. The third kappa shape index (κ3) is 23.8. The standard InChI is InChI=1S/C37H67O10P/c1-3-5-7-8-9-10-11-12-13-14-15-16-17-21-27-45-32(30-47-48(42,43)44)29-46-37(41)24-20-19-23-33-34(36(40)28-35(33)39)26-25-31(38)22-18-6-4-2/h19-21,25-27,31-36,38-40H,3-18,22-24,28-30H2,1-2H3,(H2,42,43,44)/b20-19-,26-25+,27-21+/t31-,32-,33+,34-,35+,36-/m1/s1. The summed E-state index contributed by atoms with van der Waals surface area (Å²) in [6, 6.07) is 0. The molecule has 0 spiro atoms. The zero-order valence-corrected chi connectivity index (χ0v) is 30.6. The number of aliphatic hydroxyl groups is 3. The number of rotatable bonds is 30. The molecule has 10 nitrogen and oxygen atoms in total. The number of hydrogen-bond acceptors (Lipinski definition) is 8. The molecule has 1 rings (SSSR count). The van der Waals surface area contributed by atoms with E-state index in [1.807, 2.05) is 6.08 Å². The highest BCUT2D eigenvalue weighted by Gasteiger charge is 2.39. The van der Waals surface area contributed by atoms with Crippen molar-refractivity contribution in [3.63, 3.8) is 0 Å². The largest absolute Gasteiger partial charge is 0.492 e. The quantitative estimate of drug-likeness (QED) is 0.0164. The summed E-state index contributed by atoms with van der Waals surface area (Å²) in [6.45, 7) is 3.66. The van der Waals surface area contributed by atoms with Crippen LogP contribution in [0.3, 0.4) is 0 Å². The summed E-state index contributed by atoms with van der Waals surface area (Å²) in [5.41, 5.74) is 0. The van der Waals surface area contributed by atoms with Gasteiger partial charge in [-0.05, 0) is 37.7 Å². The molecule has 0 aliphatic heterocycles. The van der Waals surface area contributed by atoms with Gasteiger partial charge in [0, 0.05) is 12.3 Å². The first-order valence-electron chi connectivity index (χ1n) is 18.6. The van der Waals surface area contributed by atoms with Gasteiger partial charge in [-0.3, -0.25) is 9.32 Å². The minimum absolute atomic E-state index is 0.0388. The molecule has 0 radical (unpaired) electrons. The van der Waals surface area contributed by atoms with Crippen molar-refractivity contribution in [3.8, 4) is 0 Å². The van der Waals surface area contributed by atoms with Crippen molar-refractivity contribution in [3.05, 3.63) is 36.6 Å². The van der Waals surface area contributed by atoms with Gasteiger partial charge in [0.2, 0.25) is 0 Å². The molecule has 0 bridgehead atoms. The number of allylic oxidation sites excluding steroid dienone is 2. The molecule has 1 fully saturated rings. The number of phosphoric ester groups is 1. The minimum atomic E-state index is -4.72. The first-order valence-corrected chi connectivity index (χ1v) is 20.1. The zero-order valence-electron chi connectivity index (χ0n) is 29.7. The van der Waals surface area contributed by atoms with Crippen molar-refractivity contribution >= 4 is 13.8 Å². The number of carbonyl (C=O) groups excluding carboxylic acids is 1. The number of aliphatic hydroxyl groups excluding tert-OH is 3. The van der Waals surface area contributed by atoms with Crippen molar-refractivity contribution in [1.29, 1.82) is 0 Å². The van der Waals surface area contributed by atoms with E-state index in [2.05, 4.69) is 18.4 Å². The maximum Gasteiger partial charge on any atom is 0.469 e. The number of ether oxygens (including phenoxy) is 2. The maximum atomic E-state index is 12.4. The summed E-state index contributed by atoms with van der Waals surface area (Å²) in [7, 11) is -4.72. The molecule has 0 aromatic carbocycles. The van der Waals surface area contributed by atoms with E-state index in [0.29, 0.717) is 12.8 Å². The predicted octanol–water partition coefficient (Wildman–Crippen LogP) is 7.82. The van der Waals surface area contributed by atoms with Gasteiger partial charge in [0.25, 0.3) is 0 Å². The normalized spacial score (nSPS) is 21.5. The second-order valence-electron chi connectivity index (χ2n) is 13.2. The van der Waals surface area contributed by atoms with Gasteiger partial charge >= 0.3 is 13.8 Å². The summed E-state index contributed by atoms with van der Waals surface area (Å²) < 4.78 is 26.6. The Kier molecular flexibility index (Phi) is 26.2. The van der Waals surface area contributed by atoms with Crippen molar-refractivity contribution < 1.29 is 48.5 Å². The van der Waals surface area contributed by atoms with Gasteiger partial charge < -0.3 is 34.6 Å². The highest BCUT2D eigenvalue weighted by Crippen LogP contribution is 2.37. The number of esters is 1. The number of hydrogen-bond donors (Lipinski definition) is 5. The zero-order chi connectivity index (χ0) is 35.5. The lowest BCUT2D eigenvalue weighted by Gasteiger charge is -2.19. The molecule has 0 saturated heterocycles.